The van der Waals surface area contributed by atoms with Crippen molar-refractivity contribution < 1.29 is 0 Å². The molecule has 2 radical (unpaired) electrons. The molecule has 0 aliphatic heterocycles. The molecule has 0 unspecified atom stereocenters. The predicted molar refractivity (Wildman–Crippen MR) is 55.5 cm³/mol. The molecule has 0 aromatic heterocycles. The first-order valence-corrected chi connectivity index (χ1v) is 3.40. The van der Waals surface area contributed by atoms with Crippen LogP contribution in [-0.4, -0.2) is 37.7 Å². The largest absolute Gasteiger partial charge is 0.0616 e. The molecule has 2 aromatic carbocycles. The topological polar surface area (TPSA) is 0 Å². The summed E-state index contributed by atoms with van der Waals surface area (Å²) in [5.41, 5.74) is 0. The molecule has 0 nitrogen and oxygen atoms in total. The van der Waals surface area contributed by atoms with E-state index in [1.807, 2.05) is 0 Å². The molecule has 0 saturated heterocycles. The summed E-state index contributed by atoms with van der Waals surface area (Å²) in [6.45, 7) is 0. The Balaban J connectivity index is 0.000000605. The minimum atomic E-state index is 0. The van der Waals surface area contributed by atoms with Crippen molar-refractivity contribution in [3.8, 4) is 0 Å². The van der Waals surface area contributed by atoms with Crippen LogP contribution in [0.3, 0.4) is 0 Å². The van der Waals surface area contributed by atoms with Crippen molar-refractivity contribution in [2.24, 2.45) is 0 Å². The van der Waals surface area contributed by atoms with Crippen molar-refractivity contribution in [2.45, 2.75) is 0 Å². The Kier molecular flexibility index (Phi) is 5.48. The minimum absolute atomic E-state index is 0. The van der Waals surface area contributed by atoms with Crippen molar-refractivity contribution in [3.63, 3.8) is 0 Å². The molecular weight excluding hydrogens is 134 g/mol. The van der Waals surface area contributed by atoms with Crippen LogP contribution in [0.25, 0.3) is 10.8 Å². The summed E-state index contributed by atoms with van der Waals surface area (Å²) in [6, 6.07) is 16.7. The molecule has 12 heavy (non-hydrogen) atoms. The van der Waals surface area contributed by atoms with E-state index in [0.29, 0.717) is 0 Å². The van der Waals surface area contributed by atoms with E-state index in [-0.39, 0.29) is 37.7 Å². The summed E-state index contributed by atoms with van der Waals surface area (Å²) >= 11 is 0. The summed E-state index contributed by atoms with van der Waals surface area (Å²) in [4.78, 5) is 0. The average Bonchev–Trinajstić information content (AvgIpc) is 2.05. The Morgan fingerprint density at radius 2 is 0.750 bits per heavy atom. The summed E-state index contributed by atoms with van der Waals surface area (Å²) in [5, 5.41) is 2.62. The van der Waals surface area contributed by atoms with Gasteiger partial charge < -0.3 is 0 Å². The Labute approximate surface area is 96.7 Å². The molecule has 0 saturated carbocycles. The second kappa shape index (κ2) is 5.52. The van der Waals surface area contributed by atoms with Gasteiger partial charge in [0.05, 0.1) is 0 Å². The van der Waals surface area contributed by atoms with Gasteiger partial charge in [-0.25, -0.2) is 0 Å². The zero-order valence-corrected chi connectivity index (χ0v) is 7.62. The van der Waals surface area contributed by atoms with Gasteiger partial charge in [-0.1, -0.05) is 48.5 Å². The number of hydrogen-bond acceptors (Lipinski definition) is 0. The summed E-state index contributed by atoms with van der Waals surface area (Å²) in [5.74, 6) is 0. The molecule has 0 spiro atoms. The molecule has 0 N–H and O–H groups in total. The number of rotatable bonds is 0. The van der Waals surface area contributed by atoms with Gasteiger partial charge in [0.15, 0.2) is 0 Å². The zero-order valence-electron chi connectivity index (χ0n) is 7.62. The molecule has 50 valence electrons. The second-order valence-electron chi connectivity index (χ2n) is 2.35. The number of benzene rings is 2. The molecule has 2 aromatic rings. The number of hydrogen-bond donors (Lipinski definition) is 0. The third kappa shape index (κ3) is 2.44. The first-order chi connectivity index (χ1) is 4.97. The van der Waals surface area contributed by atoms with E-state index in [2.05, 4.69) is 48.5 Å². The van der Waals surface area contributed by atoms with E-state index in [1.165, 1.54) is 10.8 Å². The van der Waals surface area contributed by atoms with E-state index in [1.54, 1.807) is 0 Å². The summed E-state index contributed by atoms with van der Waals surface area (Å²) in [6.07, 6.45) is 0. The van der Waals surface area contributed by atoms with Crippen LogP contribution in [-0.2, 0) is 0 Å². The van der Waals surface area contributed by atoms with E-state index >= 15 is 0 Å². The average molecular weight is 142 g/mol. The third-order valence-electron chi connectivity index (χ3n) is 1.66. The van der Waals surface area contributed by atoms with Crippen LogP contribution in [0.4, 0.5) is 0 Å². The normalized spacial score (nSPS) is 8.33. The number of fused-ring (bicyclic) bond motifs is 1. The van der Waals surface area contributed by atoms with Crippen LogP contribution in [0, 0.1) is 0 Å². The van der Waals surface area contributed by atoms with Crippen LogP contribution < -0.4 is 0 Å². The van der Waals surface area contributed by atoms with E-state index in [4.69, 9.17) is 0 Å². The molecule has 2 rings (SSSR count). The Morgan fingerprint density at radius 1 is 0.500 bits per heavy atom. The summed E-state index contributed by atoms with van der Waals surface area (Å²) in [7, 11) is 0. The summed E-state index contributed by atoms with van der Waals surface area (Å²) < 4.78 is 0. The van der Waals surface area contributed by atoms with Crippen LogP contribution in [0.5, 0.6) is 0 Å². The van der Waals surface area contributed by atoms with Crippen LogP contribution in [0.1, 0.15) is 0 Å². The third-order valence-corrected chi connectivity index (χ3v) is 1.66. The van der Waals surface area contributed by atoms with Crippen LogP contribution in [0.2, 0.25) is 0 Å². The quantitative estimate of drug-likeness (QED) is 0.494. The van der Waals surface area contributed by atoms with E-state index in [0.717, 1.165) is 0 Å². The maximum Gasteiger partial charge on any atom is 0 e. The van der Waals surface area contributed by atoms with Crippen LogP contribution in [0.15, 0.2) is 48.5 Å². The van der Waals surface area contributed by atoms with Gasteiger partial charge in [-0.05, 0) is 10.8 Å². The molecule has 0 amide bonds. The maximum atomic E-state index is 2.12. The Hall–Kier alpha value is -0.105. The molecule has 0 heterocycles. The fourth-order valence-corrected chi connectivity index (χ4v) is 1.13. The van der Waals surface area contributed by atoms with E-state index in [9.17, 15) is 0 Å². The van der Waals surface area contributed by atoms with Gasteiger partial charge in [0.25, 0.3) is 0 Å². The van der Waals surface area contributed by atoms with Gasteiger partial charge in [-0.2, -0.15) is 0 Å². The molecule has 2 heteroatoms. The zero-order chi connectivity index (χ0) is 6.81. The van der Waals surface area contributed by atoms with E-state index < -0.39 is 0 Å². The monoisotopic (exact) mass is 142 g/mol. The SMILES string of the molecule is [Li].[Li].c1ccc2ccccc2c1. The van der Waals surface area contributed by atoms with Gasteiger partial charge >= 0.3 is 0 Å². The molecule has 0 bridgehead atoms. The second-order valence-corrected chi connectivity index (χ2v) is 2.35. The van der Waals surface area contributed by atoms with Gasteiger partial charge in [0.1, 0.15) is 0 Å². The van der Waals surface area contributed by atoms with Crippen molar-refractivity contribution in [1.82, 2.24) is 0 Å². The van der Waals surface area contributed by atoms with Crippen molar-refractivity contribution >= 4 is 48.5 Å². The Bertz CT molecular complexity index is 279. The standard InChI is InChI=1S/C10H8.2Li/c1-2-6-10-8-4-3-7-9(10)5-1;;/h1-8H;;. The smallest absolute Gasteiger partial charge is 0 e. The maximum absolute atomic E-state index is 2.12. The first kappa shape index (κ1) is 11.9. The van der Waals surface area contributed by atoms with Gasteiger partial charge in [0.2, 0.25) is 0 Å². The van der Waals surface area contributed by atoms with Crippen LogP contribution >= 0.6 is 0 Å². The fraction of sp³-hybridized carbons (Fsp3) is 0. The molecular formula is C10H8Li2. The Morgan fingerprint density at radius 3 is 1.00 bits per heavy atom. The fourth-order valence-electron chi connectivity index (χ4n) is 1.13. The van der Waals surface area contributed by atoms with Crippen molar-refractivity contribution in [3.05, 3.63) is 48.5 Å². The molecule has 0 fully saturated rings. The molecule has 0 atom stereocenters. The molecule has 0 aliphatic carbocycles. The van der Waals surface area contributed by atoms with Gasteiger partial charge in [-0.15, -0.1) is 0 Å². The molecule has 0 aliphatic rings. The van der Waals surface area contributed by atoms with Crippen molar-refractivity contribution in [1.29, 1.82) is 0 Å². The predicted octanol–water partition coefficient (Wildman–Crippen LogP) is 2.08. The van der Waals surface area contributed by atoms with Gasteiger partial charge in [0, 0.05) is 37.7 Å². The van der Waals surface area contributed by atoms with Gasteiger partial charge in [-0.3, -0.25) is 0 Å². The first-order valence-electron chi connectivity index (χ1n) is 3.40. The van der Waals surface area contributed by atoms with Crippen molar-refractivity contribution in [2.75, 3.05) is 0 Å². The minimum Gasteiger partial charge on any atom is -0.0616 e.